The third-order valence-electron chi connectivity index (χ3n) is 5.21. The molecule has 2 heterocycles. The zero-order valence-corrected chi connectivity index (χ0v) is 12.7. The molecule has 1 aromatic heterocycles. The summed E-state index contributed by atoms with van der Waals surface area (Å²) in [5.41, 5.74) is 2.70. The average molecular weight is 274 g/mol. The third kappa shape index (κ3) is 2.61. The van der Waals surface area contributed by atoms with E-state index >= 15 is 0 Å². The van der Waals surface area contributed by atoms with Crippen LogP contribution in [-0.2, 0) is 4.74 Å². The van der Waals surface area contributed by atoms with Crippen LogP contribution in [0, 0.1) is 12.8 Å². The Hall–Kier alpha value is -0.930. The lowest BCUT2D eigenvalue weighted by Crippen LogP contribution is -2.41. The number of hydrogen-bond acceptors (Lipinski definition) is 3. The maximum atomic E-state index is 6.17. The fourth-order valence-corrected chi connectivity index (χ4v) is 4.19. The summed E-state index contributed by atoms with van der Waals surface area (Å²) < 4.78 is 6.17. The van der Waals surface area contributed by atoms with Gasteiger partial charge in [-0.3, -0.25) is 4.98 Å². The minimum Gasteiger partial charge on any atom is -0.375 e. The first kappa shape index (κ1) is 14.0. The first-order valence-electron chi connectivity index (χ1n) is 7.97. The van der Waals surface area contributed by atoms with E-state index in [0.717, 1.165) is 18.7 Å². The molecule has 0 radical (unpaired) electrons. The SMILES string of the molecule is CNC(c1cccnc1C)C1CCOC2(CCCC2)C1. The van der Waals surface area contributed by atoms with Gasteiger partial charge >= 0.3 is 0 Å². The van der Waals surface area contributed by atoms with E-state index in [1.54, 1.807) is 0 Å². The van der Waals surface area contributed by atoms with Gasteiger partial charge in [0.1, 0.15) is 0 Å². The van der Waals surface area contributed by atoms with Gasteiger partial charge in [-0.15, -0.1) is 0 Å². The van der Waals surface area contributed by atoms with E-state index in [9.17, 15) is 0 Å². The highest BCUT2D eigenvalue weighted by atomic mass is 16.5. The molecule has 1 saturated heterocycles. The standard InChI is InChI=1S/C17H26N2O/c1-13-15(6-5-10-19-13)16(18-2)14-7-11-20-17(12-14)8-3-4-9-17/h5-6,10,14,16,18H,3-4,7-9,11-12H2,1-2H3. The predicted molar refractivity (Wildman–Crippen MR) is 80.6 cm³/mol. The van der Waals surface area contributed by atoms with Crippen LogP contribution in [0.2, 0.25) is 0 Å². The number of nitrogens with one attached hydrogen (secondary N) is 1. The highest BCUT2D eigenvalue weighted by Gasteiger charge is 2.42. The van der Waals surface area contributed by atoms with Crippen LogP contribution in [-0.4, -0.2) is 24.2 Å². The Balaban J connectivity index is 1.81. The van der Waals surface area contributed by atoms with Crippen molar-refractivity contribution in [1.82, 2.24) is 10.3 Å². The van der Waals surface area contributed by atoms with Crippen LogP contribution >= 0.6 is 0 Å². The van der Waals surface area contributed by atoms with Crippen molar-refractivity contribution < 1.29 is 4.74 Å². The van der Waals surface area contributed by atoms with Crippen molar-refractivity contribution in [3.8, 4) is 0 Å². The molecule has 3 nitrogen and oxygen atoms in total. The van der Waals surface area contributed by atoms with Crippen molar-refractivity contribution in [2.75, 3.05) is 13.7 Å². The van der Waals surface area contributed by atoms with Gasteiger partial charge in [0.25, 0.3) is 0 Å². The molecule has 2 fully saturated rings. The molecular weight excluding hydrogens is 248 g/mol. The number of aryl methyl sites for hydroxylation is 1. The summed E-state index contributed by atoms with van der Waals surface area (Å²) in [6.07, 6.45) is 9.42. The van der Waals surface area contributed by atoms with E-state index in [1.165, 1.54) is 37.7 Å². The van der Waals surface area contributed by atoms with E-state index < -0.39 is 0 Å². The van der Waals surface area contributed by atoms with Crippen LogP contribution in [0.25, 0.3) is 0 Å². The molecule has 1 aliphatic carbocycles. The molecule has 20 heavy (non-hydrogen) atoms. The summed E-state index contributed by atoms with van der Waals surface area (Å²) in [6.45, 7) is 3.03. The minimum atomic E-state index is 0.189. The topological polar surface area (TPSA) is 34.2 Å². The quantitative estimate of drug-likeness (QED) is 0.917. The molecule has 3 heteroatoms. The summed E-state index contributed by atoms with van der Waals surface area (Å²) in [5.74, 6) is 0.662. The minimum absolute atomic E-state index is 0.189. The van der Waals surface area contributed by atoms with Gasteiger partial charge in [-0.05, 0) is 57.2 Å². The molecule has 1 aromatic rings. The van der Waals surface area contributed by atoms with E-state index in [2.05, 4.69) is 36.4 Å². The van der Waals surface area contributed by atoms with Gasteiger partial charge in [-0.25, -0.2) is 0 Å². The highest BCUT2D eigenvalue weighted by molar-refractivity contribution is 5.23. The Kier molecular flexibility index (Phi) is 4.08. The number of hydrogen-bond donors (Lipinski definition) is 1. The Bertz CT molecular complexity index is 454. The van der Waals surface area contributed by atoms with Crippen molar-refractivity contribution in [2.24, 2.45) is 5.92 Å². The summed E-state index contributed by atoms with van der Waals surface area (Å²) in [5, 5.41) is 3.54. The first-order chi connectivity index (χ1) is 9.74. The lowest BCUT2D eigenvalue weighted by atomic mass is 9.78. The van der Waals surface area contributed by atoms with Crippen molar-refractivity contribution in [3.63, 3.8) is 0 Å². The molecular formula is C17H26N2O. The van der Waals surface area contributed by atoms with E-state index in [0.29, 0.717) is 12.0 Å². The van der Waals surface area contributed by atoms with Gasteiger partial charge in [-0.2, -0.15) is 0 Å². The maximum absolute atomic E-state index is 6.17. The molecule has 1 N–H and O–H groups in total. The second-order valence-corrected chi connectivity index (χ2v) is 6.44. The fourth-order valence-electron chi connectivity index (χ4n) is 4.19. The van der Waals surface area contributed by atoms with E-state index in [4.69, 9.17) is 4.74 Å². The van der Waals surface area contributed by atoms with Crippen molar-refractivity contribution in [2.45, 2.75) is 57.1 Å². The van der Waals surface area contributed by atoms with Crippen LogP contribution in [0.15, 0.2) is 18.3 Å². The van der Waals surface area contributed by atoms with Crippen LogP contribution in [0.1, 0.15) is 55.8 Å². The number of aromatic nitrogens is 1. The van der Waals surface area contributed by atoms with Gasteiger partial charge in [0.15, 0.2) is 0 Å². The van der Waals surface area contributed by atoms with Gasteiger partial charge in [0.2, 0.25) is 0 Å². The summed E-state index contributed by atoms with van der Waals surface area (Å²) in [4.78, 5) is 4.46. The van der Waals surface area contributed by atoms with Gasteiger partial charge < -0.3 is 10.1 Å². The molecule has 3 rings (SSSR count). The largest absolute Gasteiger partial charge is 0.375 e. The van der Waals surface area contributed by atoms with Gasteiger partial charge in [0, 0.05) is 24.5 Å². The summed E-state index contributed by atoms with van der Waals surface area (Å²) in [6, 6.07) is 4.68. The summed E-state index contributed by atoms with van der Waals surface area (Å²) in [7, 11) is 2.08. The molecule has 110 valence electrons. The molecule has 1 saturated carbocycles. The zero-order valence-electron chi connectivity index (χ0n) is 12.7. The third-order valence-corrected chi connectivity index (χ3v) is 5.21. The Morgan fingerprint density at radius 3 is 2.90 bits per heavy atom. The monoisotopic (exact) mass is 274 g/mol. The normalized spacial score (nSPS) is 26.8. The molecule has 1 spiro atoms. The second kappa shape index (κ2) is 5.82. The van der Waals surface area contributed by atoms with Crippen LogP contribution < -0.4 is 5.32 Å². The lowest BCUT2D eigenvalue weighted by Gasteiger charge is -2.41. The van der Waals surface area contributed by atoms with Gasteiger partial charge in [0.05, 0.1) is 5.60 Å². The smallest absolute Gasteiger partial charge is 0.0686 e. The number of ether oxygens (including phenoxy) is 1. The van der Waals surface area contributed by atoms with Crippen LogP contribution in [0.3, 0.4) is 0 Å². The second-order valence-electron chi connectivity index (χ2n) is 6.44. The molecule has 1 aliphatic heterocycles. The molecule has 2 atom stereocenters. The molecule has 2 unspecified atom stereocenters. The predicted octanol–water partition coefficient (Wildman–Crippen LogP) is 3.39. The average Bonchev–Trinajstić information content (AvgIpc) is 2.90. The Labute approximate surface area is 122 Å². The van der Waals surface area contributed by atoms with Crippen molar-refractivity contribution >= 4 is 0 Å². The number of nitrogens with zero attached hydrogens (tertiary/aromatic N) is 1. The first-order valence-corrected chi connectivity index (χ1v) is 7.97. The maximum Gasteiger partial charge on any atom is 0.0686 e. The summed E-state index contributed by atoms with van der Waals surface area (Å²) >= 11 is 0. The zero-order chi connectivity index (χ0) is 14.0. The van der Waals surface area contributed by atoms with Gasteiger partial charge in [-0.1, -0.05) is 18.9 Å². The van der Waals surface area contributed by atoms with Crippen LogP contribution in [0.4, 0.5) is 0 Å². The van der Waals surface area contributed by atoms with E-state index in [-0.39, 0.29) is 5.60 Å². The fraction of sp³-hybridized carbons (Fsp3) is 0.706. The van der Waals surface area contributed by atoms with Crippen LogP contribution in [0.5, 0.6) is 0 Å². The van der Waals surface area contributed by atoms with E-state index in [1.807, 2.05) is 6.20 Å². The molecule has 2 aliphatic rings. The van der Waals surface area contributed by atoms with Crippen molar-refractivity contribution in [3.05, 3.63) is 29.6 Å². The Morgan fingerprint density at radius 2 is 2.20 bits per heavy atom. The molecule has 0 aromatic carbocycles. The van der Waals surface area contributed by atoms with Crippen molar-refractivity contribution in [1.29, 1.82) is 0 Å². The lowest BCUT2D eigenvalue weighted by molar-refractivity contribution is -0.0979. The highest BCUT2D eigenvalue weighted by Crippen LogP contribution is 2.45. The Morgan fingerprint density at radius 1 is 1.40 bits per heavy atom. The molecule has 0 bridgehead atoms. The molecule has 0 amide bonds. The number of rotatable bonds is 3. The number of pyridine rings is 1.